The highest BCUT2D eigenvalue weighted by molar-refractivity contribution is 6.22. The number of amides is 3. The Bertz CT molecular complexity index is 1100. The molecule has 30 heavy (non-hydrogen) atoms. The van der Waals surface area contributed by atoms with Gasteiger partial charge in [-0.25, -0.2) is 0 Å². The van der Waals surface area contributed by atoms with Gasteiger partial charge in [0.1, 0.15) is 0 Å². The Balaban J connectivity index is 1.46. The topological polar surface area (TPSA) is 79.4 Å². The van der Waals surface area contributed by atoms with E-state index in [0.717, 1.165) is 11.1 Å². The van der Waals surface area contributed by atoms with Crippen LogP contribution in [0.25, 0.3) is 0 Å². The first kappa shape index (κ1) is 19.5. The predicted octanol–water partition coefficient (Wildman–Crippen LogP) is 3.41. The van der Waals surface area contributed by atoms with Crippen LogP contribution in [-0.4, -0.2) is 34.2 Å². The molecule has 1 aromatic heterocycles. The first-order valence-corrected chi connectivity index (χ1v) is 9.77. The normalized spacial score (nSPS) is 13.8. The Morgan fingerprint density at radius 1 is 0.967 bits per heavy atom. The Hall–Kier alpha value is -3.80. The van der Waals surface area contributed by atoms with Gasteiger partial charge in [-0.2, -0.15) is 0 Å². The highest BCUT2D eigenvalue weighted by Gasteiger charge is 2.36. The second-order valence-electron chi connectivity index (χ2n) is 7.33. The summed E-state index contributed by atoms with van der Waals surface area (Å²) in [7, 11) is 0. The maximum Gasteiger partial charge on any atom is 0.261 e. The van der Waals surface area contributed by atoms with Gasteiger partial charge >= 0.3 is 0 Å². The van der Waals surface area contributed by atoms with Crippen molar-refractivity contribution in [2.75, 3.05) is 6.54 Å². The lowest BCUT2D eigenvalue weighted by Gasteiger charge is -2.13. The highest BCUT2D eigenvalue weighted by atomic mass is 16.2. The number of rotatable bonds is 6. The molecule has 0 aliphatic carbocycles. The van der Waals surface area contributed by atoms with Crippen LogP contribution < -0.4 is 5.32 Å². The number of pyridine rings is 1. The van der Waals surface area contributed by atoms with E-state index in [4.69, 9.17) is 0 Å². The summed E-state index contributed by atoms with van der Waals surface area (Å²) < 4.78 is 0. The zero-order valence-corrected chi connectivity index (χ0v) is 16.5. The van der Waals surface area contributed by atoms with Crippen molar-refractivity contribution < 1.29 is 14.4 Å². The highest BCUT2D eigenvalue weighted by Crippen LogP contribution is 2.25. The van der Waals surface area contributed by atoms with Gasteiger partial charge in [0.05, 0.1) is 17.7 Å². The van der Waals surface area contributed by atoms with E-state index in [-0.39, 0.29) is 35.7 Å². The van der Waals surface area contributed by atoms with Crippen LogP contribution in [-0.2, 0) is 6.54 Å². The van der Waals surface area contributed by atoms with Gasteiger partial charge in [-0.3, -0.25) is 24.3 Å². The molecule has 4 rings (SSSR count). The van der Waals surface area contributed by atoms with Crippen molar-refractivity contribution in [3.63, 3.8) is 0 Å². The number of aromatic nitrogens is 1. The summed E-state index contributed by atoms with van der Waals surface area (Å²) in [4.78, 5) is 43.2. The number of nitrogens with one attached hydrogen (secondary N) is 1. The third-order valence-corrected chi connectivity index (χ3v) is 5.26. The third-order valence-electron chi connectivity index (χ3n) is 5.26. The maximum atomic E-state index is 12.8. The van der Waals surface area contributed by atoms with Crippen LogP contribution in [0.15, 0.2) is 73.1 Å². The summed E-state index contributed by atoms with van der Waals surface area (Å²) in [6.45, 7) is 2.68. The fraction of sp³-hybridized carbons (Fsp3) is 0.167. The summed E-state index contributed by atoms with van der Waals surface area (Å²) in [5.41, 5.74) is 2.90. The number of benzene rings is 2. The van der Waals surface area contributed by atoms with Gasteiger partial charge in [-0.05, 0) is 47.4 Å². The lowest BCUT2D eigenvalue weighted by Crippen LogP contribution is -2.29. The minimum absolute atomic E-state index is 0.156. The molecule has 0 radical (unpaired) electrons. The SMILES string of the molecule is C[C@@H](CNC(=O)c1ccc2c(c1)C(=O)N(Cc1ccncc1)C2=O)c1ccccc1. The van der Waals surface area contributed by atoms with Gasteiger partial charge in [0.15, 0.2) is 0 Å². The predicted molar refractivity (Wildman–Crippen MR) is 112 cm³/mol. The second-order valence-corrected chi connectivity index (χ2v) is 7.33. The minimum atomic E-state index is -0.390. The molecule has 0 fully saturated rings. The summed E-state index contributed by atoms with van der Waals surface area (Å²) in [6, 6.07) is 18.1. The molecule has 150 valence electrons. The van der Waals surface area contributed by atoms with Crippen LogP contribution in [0.3, 0.4) is 0 Å². The fourth-order valence-electron chi connectivity index (χ4n) is 3.49. The van der Waals surface area contributed by atoms with Gasteiger partial charge in [0, 0.05) is 24.5 Å². The van der Waals surface area contributed by atoms with Crippen molar-refractivity contribution in [2.45, 2.75) is 19.4 Å². The number of imide groups is 1. The van der Waals surface area contributed by atoms with Gasteiger partial charge in [0.25, 0.3) is 17.7 Å². The molecule has 0 saturated carbocycles. The van der Waals surface area contributed by atoms with Crippen molar-refractivity contribution in [1.82, 2.24) is 15.2 Å². The molecule has 3 amide bonds. The third kappa shape index (κ3) is 3.85. The molecule has 1 aliphatic rings. The second kappa shape index (κ2) is 8.29. The van der Waals surface area contributed by atoms with E-state index in [0.29, 0.717) is 17.7 Å². The Morgan fingerprint density at radius 2 is 1.67 bits per heavy atom. The van der Waals surface area contributed by atoms with E-state index in [1.807, 2.05) is 37.3 Å². The number of hydrogen-bond donors (Lipinski definition) is 1. The largest absolute Gasteiger partial charge is 0.351 e. The monoisotopic (exact) mass is 399 g/mol. The first-order chi connectivity index (χ1) is 14.5. The molecule has 0 bridgehead atoms. The van der Waals surface area contributed by atoms with E-state index in [9.17, 15) is 14.4 Å². The Labute approximate surface area is 174 Å². The lowest BCUT2D eigenvalue weighted by molar-refractivity contribution is 0.0642. The smallest absolute Gasteiger partial charge is 0.261 e. The molecular formula is C24H21N3O3. The number of hydrogen-bond acceptors (Lipinski definition) is 4. The van der Waals surface area contributed by atoms with Crippen LogP contribution >= 0.6 is 0 Å². The van der Waals surface area contributed by atoms with Crippen LogP contribution in [0.2, 0.25) is 0 Å². The van der Waals surface area contributed by atoms with Gasteiger partial charge in [-0.15, -0.1) is 0 Å². The van der Waals surface area contributed by atoms with Crippen LogP contribution in [0.4, 0.5) is 0 Å². The Morgan fingerprint density at radius 3 is 2.40 bits per heavy atom. The summed E-state index contributed by atoms with van der Waals surface area (Å²) in [6.07, 6.45) is 3.23. The molecular weight excluding hydrogens is 378 g/mol. The molecule has 0 spiro atoms. The average molecular weight is 399 g/mol. The fourth-order valence-corrected chi connectivity index (χ4v) is 3.49. The van der Waals surface area contributed by atoms with Crippen molar-refractivity contribution in [2.24, 2.45) is 0 Å². The van der Waals surface area contributed by atoms with Crippen molar-refractivity contribution in [3.05, 3.63) is 101 Å². The van der Waals surface area contributed by atoms with Crippen LogP contribution in [0, 0.1) is 0 Å². The molecule has 2 aromatic carbocycles. The number of carbonyl (C=O) groups is 3. The van der Waals surface area contributed by atoms with Crippen LogP contribution in [0.5, 0.6) is 0 Å². The number of fused-ring (bicyclic) bond motifs is 1. The summed E-state index contributed by atoms with van der Waals surface area (Å²) >= 11 is 0. The van der Waals surface area contributed by atoms with Gasteiger partial charge < -0.3 is 5.32 Å². The molecule has 0 unspecified atom stereocenters. The molecule has 2 heterocycles. The lowest BCUT2D eigenvalue weighted by atomic mass is 10.0. The van der Waals surface area contributed by atoms with E-state index in [1.165, 1.54) is 11.0 Å². The standard InChI is InChI=1S/C24H21N3O3/c1-16(18-5-3-2-4-6-18)14-26-22(28)19-7-8-20-21(13-19)24(30)27(23(20)29)15-17-9-11-25-12-10-17/h2-13,16H,14-15H2,1H3,(H,26,28)/t16-/m0/s1. The van der Waals surface area contributed by atoms with Crippen molar-refractivity contribution in [1.29, 1.82) is 0 Å². The maximum absolute atomic E-state index is 12.8. The van der Waals surface area contributed by atoms with E-state index in [1.54, 1.807) is 36.7 Å². The Kier molecular flexibility index (Phi) is 5.39. The van der Waals surface area contributed by atoms with E-state index < -0.39 is 0 Å². The average Bonchev–Trinajstić information content (AvgIpc) is 3.03. The number of nitrogens with zero attached hydrogens (tertiary/aromatic N) is 2. The molecule has 1 aliphatic heterocycles. The molecule has 1 atom stereocenters. The van der Waals surface area contributed by atoms with Crippen molar-refractivity contribution in [3.8, 4) is 0 Å². The van der Waals surface area contributed by atoms with Crippen LogP contribution in [0.1, 0.15) is 55.0 Å². The van der Waals surface area contributed by atoms with Gasteiger partial charge in [0.2, 0.25) is 0 Å². The zero-order valence-electron chi connectivity index (χ0n) is 16.5. The summed E-state index contributed by atoms with van der Waals surface area (Å²) in [5.74, 6) is -0.854. The quantitative estimate of drug-likeness (QED) is 0.644. The van der Waals surface area contributed by atoms with Crippen molar-refractivity contribution >= 4 is 17.7 Å². The first-order valence-electron chi connectivity index (χ1n) is 9.77. The molecule has 1 N–H and O–H groups in total. The van der Waals surface area contributed by atoms with E-state index >= 15 is 0 Å². The molecule has 6 nitrogen and oxygen atoms in total. The zero-order chi connectivity index (χ0) is 21.1. The number of carbonyl (C=O) groups excluding carboxylic acids is 3. The summed E-state index contributed by atoms with van der Waals surface area (Å²) in [5, 5.41) is 2.91. The molecule has 6 heteroatoms. The van der Waals surface area contributed by atoms with Gasteiger partial charge in [-0.1, -0.05) is 37.3 Å². The van der Waals surface area contributed by atoms with E-state index in [2.05, 4.69) is 10.3 Å². The molecule has 3 aromatic rings. The minimum Gasteiger partial charge on any atom is -0.351 e. The molecule has 0 saturated heterocycles.